The van der Waals surface area contributed by atoms with Gasteiger partial charge < -0.3 is 10.7 Å². The molecule has 0 saturated heterocycles. The van der Waals surface area contributed by atoms with Crippen molar-refractivity contribution in [1.29, 1.82) is 0 Å². The standard InChI is InChI=1S/C11H12N6/c1-6-5-8(17(2)16-6)11-13-7-3-4-9(12)14-10(7)15-11/h3-5H,1-2H3,(H3,12,13,14,15). The molecule has 17 heavy (non-hydrogen) atoms. The van der Waals surface area contributed by atoms with E-state index in [2.05, 4.69) is 20.1 Å². The number of rotatable bonds is 1. The van der Waals surface area contributed by atoms with Crippen molar-refractivity contribution in [3.63, 3.8) is 0 Å². The molecule has 0 aliphatic heterocycles. The molecule has 86 valence electrons. The maximum atomic E-state index is 5.62. The Morgan fingerprint density at radius 3 is 2.82 bits per heavy atom. The number of hydrogen-bond acceptors (Lipinski definition) is 4. The minimum atomic E-state index is 0.469. The number of nitrogens with zero attached hydrogens (tertiary/aromatic N) is 4. The first kappa shape index (κ1) is 9.83. The lowest BCUT2D eigenvalue weighted by molar-refractivity contribution is 0.760. The first-order valence-electron chi connectivity index (χ1n) is 5.27. The van der Waals surface area contributed by atoms with Gasteiger partial charge in [-0.15, -0.1) is 0 Å². The quantitative estimate of drug-likeness (QED) is 0.656. The Labute approximate surface area is 97.5 Å². The van der Waals surface area contributed by atoms with E-state index in [0.29, 0.717) is 11.5 Å². The fraction of sp³-hybridized carbons (Fsp3) is 0.182. The fourth-order valence-electron chi connectivity index (χ4n) is 1.86. The summed E-state index contributed by atoms with van der Waals surface area (Å²) in [4.78, 5) is 11.8. The maximum absolute atomic E-state index is 5.62. The molecule has 0 aromatic carbocycles. The van der Waals surface area contributed by atoms with Gasteiger partial charge in [0.25, 0.3) is 0 Å². The molecule has 6 nitrogen and oxygen atoms in total. The topological polar surface area (TPSA) is 85.4 Å². The van der Waals surface area contributed by atoms with Crippen LogP contribution < -0.4 is 5.73 Å². The van der Waals surface area contributed by atoms with Crippen LogP contribution in [0.2, 0.25) is 0 Å². The van der Waals surface area contributed by atoms with Gasteiger partial charge in [-0.3, -0.25) is 4.68 Å². The molecule has 0 radical (unpaired) electrons. The van der Waals surface area contributed by atoms with Gasteiger partial charge in [0.15, 0.2) is 11.5 Å². The molecular formula is C11H12N6. The summed E-state index contributed by atoms with van der Waals surface area (Å²) in [6.45, 7) is 1.95. The van der Waals surface area contributed by atoms with Gasteiger partial charge in [0.1, 0.15) is 11.5 Å². The monoisotopic (exact) mass is 228 g/mol. The molecule has 0 bridgehead atoms. The number of imidazole rings is 1. The predicted octanol–water partition coefficient (Wildman–Crippen LogP) is 1.25. The molecule has 6 heteroatoms. The minimum Gasteiger partial charge on any atom is -0.384 e. The number of anilines is 1. The molecule has 0 spiro atoms. The number of aromatic nitrogens is 5. The van der Waals surface area contributed by atoms with E-state index in [0.717, 1.165) is 22.7 Å². The van der Waals surface area contributed by atoms with Crippen LogP contribution in [0.4, 0.5) is 5.82 Å². The van der Waals surface area contributed by atoms with E-state index < -0.39 is 0 Å². The molecule has 0 atom stereocenters. The number of nitrogens with one attached hydrogen (secondary N) is 1. The molecule has 3 rings (SSSR count). The Balaban J connectivity index is 2.21. The van der Waals surface area contributed by atoms with Crippen LogP contribution in [0, 0.1) is 6.92 Å². The third-order valence-electron chi connectivity index (χ3n) is 2.61. The molecule has 0 amide bonds. The molecule has 3 N–H and O–H groups in total. The zero-order valence-corrected chi connectivity index (χ0v) is 9.60. The van der Waals surface area contributed by atoms with Gasteiger partial charge in [0.05, 0.1) is 11.2 Å². The third kappa shape index (κ3) is 1.54. The Morgan fingerprint density at radius 2 is 2.12 bits per heavy atom. The van der Waals surface area contributed by atoms with Crippen molar-refractivity contribution in [2.75, 3.05) is 5.73 Å². The lowest BCUT2D eigenvalue weighted by atomic mass is 10.3. The van der Waals surface area contributed by atoms with E-state index in [1.165, 1.54) is 0 Å². The maximum Gasteiger partial charge on any atom is 0.180 e. The van der Waals surface area contributed by atoms with Crippen molar-refractivity contribution in [2.24, 2.45) is 7.05 Å². The van der Waals surface area contributed by atoms with Crippen LogP contribution in [-0.2, 0) is 7.05 Å². The van der Waals surface area contributed by atoms with E-state index in [1.54, 1.807) is 10.7 Å². The van der Waals surface area contributed by atoms with Crippen molar-refractivity contribution in [3.05, 3.63) is 23.9 Å². The Bertz CT molecular complexity index is 693. The molecule has 0 saturated carbocycles. The van der Waals surface area contributed by atoms with Crippen molar-refractivity contribution in [2.45, 2.75) is 6.92 Å². The highest BCUT2D eigenvalue weighted by Gasteiger charge is 2.10. The average molecular weight is 228 g/mol. The number of fused-ring (bicyclic) bond motifs is 1. The lowest BCUT2D eigenvalue weighted by Crippen LogP contribution is -1.94. The van der Waals surface area contributed by atoms with E-state index >= 15 is 0 Å². The number of pyridine rings is 1. The highest BCUT2D eigenvalue weighted by Crippen LogP contribution is 2.20. The van der Waals surface area contributed by atoms with Crippen molar-refractivity contribution in [1.82, 2.24) is 24.7 Å². The lowest BCUT2D eigenvalue weighted by Gasteiger charge is -1.95. The summed E-state index contributed by atoms with van der Waals surface area (Å²) in [5.41, 5.74) is 9.00. The van der Waals surface area contributed by atoms with E-state index in [-0.39, 0.29) is 0 Å². The van der Waals surface area contributed by atoms with Crippen LogP contribution in [0.3, 0.4) is 0 Å². The van der Waals surface area contributed by atoms with Crippen molar-refractivity contribution in [3.8, 4) is 11.5 Å². The van der Waals surface area contributed by atoms with Gasteiger partial charge in [-0.05, 0) is 25.1 Å². The molecule has 3 heterocycles. The second kappa shape index (κ2) is 3.31. The summed E-state index contributed by atoms with van der Waals surface area (Å²) in [7, 11) is 1.89. The normalized spacial score (nSPS) is 11.2. The summed E-state index contributed by atoms with van der Waals surface area (Å²) in [5, 5.41) is 4.29. The van der Waals surface area contributed by atoms with Gasteiger partial charge in [-0.1, -0.05) is 0 Å². The van der Waals surface area contributed by atoms with Crippen LogP contribution >= 0.6 is 0 Å². The molecule has 0 unspecified atom stereocenters. The largest absolute Gasteiger partial charge is 0.384 e. The third-order valence-corrected chi connectivity index (χ3v) is 2.61. The van der Waals surface area contributed by atoms with Gasteiger partial charge >= 0.3 is 0 Å². The zero-order chi connectivity index (χ0) is 12.0. The smallest absolute Gasteiger partial charge is 0.180 e. The molecule has 3 aromatic heterocycles. The number of hydrogen-bond donors (Lipinski definition) is 2. The summed E-state index contributed by atoms with van der Waals surface area (Å²) in [6, 6.07) is 5.59. The van der Waals surface area contributed by atoms with Gasteiger partial charge in [0, 0.05) is 7.05 Å². The minimum absolute atomic E-state index is 0.469. The Hall–Kier alpha value is -2.37. The number of nitrogen functional groups attached to an aromatic ring is 1. The van der Waals surface area contributed by atoms with Crippen LogP contribution in [0.1, 0.15) is 5.69 Å². The number of H-pyrrole nitrogens is 1. The highest BCUT2D eigenvalue weighted by atomic mass is 15.3. The fourth-order valence-corrected chi connectivity index (χ4v) is 1.86. The zero-order valence-electron chi connectivity index (χ0n) is 9.60. The number of aryl methyl sites for hydroxylation is 2. The first-order chi connectivity index (χ1) is 8.13. The predicted molar refractivity (Wildman–Crippen MR) is 65.2 cm³/mol. The Kier molecular flexibility index (Phi) is 1.91. The summed E-state index contributed by atoms with van der Waals surface area (Å²) in [5.74, 6) is 1.22. The summed E-state index contributed by atoms with van der Waals surface area (Å²) < 4.78 is 1.79. The highest BCUT2D eigenvalue weighted by molar-refractivity contribution is 5.76. The molecule has 0 aliphatic rings. The summed E-state index contributed by atoms with van der Waals surface area (Å²) in [6.07, 6.45) is 0. The number of aromatic amines is 1. The van der Waals surface area contributed by atoms with Gasteiger partial charge in [-0.25, -0.2) is 9.97 Å². The molecule has 0 fully saturated rings. The van der Waals surface area contributed by atoms with Gasteiger partial charge in [-0.2, -0.15) is 5.10 Å². The number of nitrogens with two attached hydrogens (primary N) is 1. The van der Waals surface area contributed by atoms with E-state index in [1.807, 2.05) is 26.1 Å². The molecule has 3 aromatic rings. The van der Waals surface area contributed by atoms with Crippen LogP contribution in [-0.4, -0.2) is 24.7 Å². The van der Waals surface area contributed by atoms with Crippen molar-refractivity contribution < 1.29 is 0 Å². The van der Waals surface area contributed by atoms with Crippen molar-refractivity contribution >= 4 is 17.0 Å². The van der Waals surface area contributed by atoms with E-state index in [4.69, 9.17) is 5.73 Å². The molecule has 0 aliphatic carbocycles. The van der Waals surface area contributed by atoms with Crippen LogP contribution in [0.15, 0.2) is 18.2 Å². The SMILES string of the molecule is Cc1cc(-c2nc3nc(N)ccc3[nH]2)n(C)n1. The van der Waals surface area contributed by atoms with Crippen LogP contribution in [0.25, 0.3) is 22.7 Å². The second-order valence-electron chi connectivity index (χ2n) is 3.99. The van der Waals surface area contributed by atoms with Gasteiger partial charge in [0.2, 0.25) is 0 Å². The Morgan fingerprint density at radius 1 is 1.29 bits per heavy atom. The average Bonchev–Trinajstić information content (AvgIpc) is 2.80. The second-order valence-corrected chi connectivity index (χ2v) is 3.99. The van der Waals surface area contributed by atoms with E-state index in [9.17, 15) is 0 Å². The molecular weight excluding hydrogens is 216 g/mol. The van der Waals surface area contributed by atoms with Crippen LogP contribution in [0.5, 0.6) is 0 Å². The summed E-state index contributed by atoms with van der Waals surface area (Å²) >= 11 is 0. The first-order valence-corrected chi connectivity index (χ1v) is 5.27.